The summed E-state index contributed by atoms with van der Waals surface area (Å²) in [6, 6.07) is 19.1. The molecule has 8 heteroatoms. The minimum absolute atomic E-state index is 0.0129. The van der Waals surface area contributed by atoms with Crippen molar-refractivity contribution in [2.45, 2.75) is 32.0 Å². The molecule has 1 saturated heterocycles. The van der Waals surface area contributed by atoms with Crippen LogP contribution < -0.4 is 4.74 Å². The number of hydrogen-bond donors (Lipinski definition) is 1. The Morgan fingerprint density at radius 3 is 2.49 bits per heavy atom. The molecule has 1 N–H and O–H groups in total. The number of nitro groups is 1. The van der Waals surface area contributed by atoms with Crippen molar-refractivity contribution < 1.29 is 24.4 Å². The van der Waals surface area contributed by atoms with E-state index in [0.29, 0.717) is 17.5 Å². The third-order valence-electron chi connectivity index (χ3n) is 6.32. The van der Waals surface area contributed by atoms with E-state index in [1.165, 1.54) is 29.2 Å². The van der Waals surface area contributed by atoms with Crippen molar-refractivity contribution >= 4 is 23.1 Å². The summed E-state index contributed by atoms with van der Waals surface area (Å²) in [7, 11) is 0. The van der Waals surface area contributed by atoms with Gasteiger partial charge in [0.2, 0.25) is 0 Å². The number of aliphatic hydroxyl groups excluding tert-OH is 1. The molecule has 2 aliphatic heterocycles. The van der Waals surface area contributed by atoms with Gasteiger partial charge >= 0.3 is 0 Å². The summed E-state index contributed by atoms with van der Waals surface area (Å²) < 4.78 is 5.73. The molecule has 35 heavy (non-hydrogen) atoms. The average molecular weight is 470 g/mol. The number of non-ortho nitro benzene ring substituents is 1. The van der Waals surface area contributed by atoms with Gasteiger partial charge in [-0.3, -0.25) is 19.7 Å². The van der Waals surface area contributed by atoms with Gasteiger partial charge in [-0.15, -0.1) is 0 Å². The summed E-state index contributed by atoms with van der Waals surface area (Å²) in [6.45, 7) is 2.09. The first-order valence-electron chi connectivity index (χ1n) is 11.2. The van der Waals surface area contributed by atoms with Crippen molar-refractivity contribution in [3.63, 3.8) is 0 Å². The normalized spacial score (nSPS) is 20.5. The van der Waals surface area contributed by atoms with Gasteiger partial charge in [-0.05, 0) is 53.9 Å². The summed E-state index contributed by atoms with van der Waals surface area (Å²) in [5, 5.41) is 22.4. The Morgan fingerprint density at radius 1 is 1.09 bits per heavy atom. The van der Waals surface area contributed by atoms with E-state index in [4.69, 9.17) is 4.74 Å². The lowest BCUT2D eigenvalue weighted by molar-refractivity contribution is -0.384. The van der Waals surface area contributed by atoms with Crippen LogP contribution in [0.4, 0.5) is 5.69 Å². The highest BCUT2D eigenvalue weighted by atomic mass is 16.6. The van der Waals surface area contributed by atoms with Gasteiger partial charge in [-0.2, -0.15) is 0 Å². The molecule has 0 aliphatic carbocycles. The number of likely N-dealkylation sites (tertiary alicyclic amines) is 1. The number of benzene rings is 3. The Hall–Kier alpha value is -4.46. The molecular weight excluding hydrogens is 448 g/mol. The van der Waals surface area contributed by atoms with E-state index in [0.717, 1.165) is 16.9 Å². The predicted octanol–water partition coefficient (Wildman–Crippen LogP) is 4.54. The maximum atomic E-state index is 13.2. The highest BCUT2D eigenvalue weighted by Gasteiger charge is 2.46. The molecule has 2 aliphatic rings. The van der Waals surface area contributed by atoms with Crippen molar-refractivity contribution in [1.82, 2.24) is 4.90 Å². The predicted molar refractivity (Wildman–Crippen MR) is 128 cm³/mol. The van der Waals surface area contributed by atoms with Crippen molar-refractivity contribution in [3.05, 3.63) is 111 Å². The Morgan fingerprint density at radius 2 is 1.80 bits per heavy atom. The molecule has 2 heterocycles. The van der Waals surface area contributed by atoms with Crippen LogP contribution >= 0.6 is 0 Å². The zero-order valence-electron chi connectivity index (χ0n) is 18.9. The topological polar surface area (TPSA) is 110 Å². The van der Waals surface area contributed by atoms with Gasteiger partial charge in [-0.25, -0.2) is 0 Å². The third kappa shape index (κ3) is 4.03. The van der Waals surface area contributed by atoms with E-state index in [-0.39, 0.29) is 29.7 Å². The maximum absolute atomic E-state index is 13.2. The Labute approximate surface area is 201 Å². The molecule has 0 radical (unpaired) electrons. The highest BCUT2D eigenvalue weighted by molar-refractivity contribution is 6.46. The molecule has 0 spiro atoms. The molecule has 2 atom stereocenters. The van der Waals surface area contributed by atoms with Gasteiger partial charge in [0.25, 0.3) is 17.4 Å². The maximum Gasteiger partial charge on any atom is 0.295 e. The van der Waals surface area contributed by atoms with Crippen LogP contribution in [-0.2, 0) is 22.6 Å². The minimum Gasteiger partial charge on any atom is -0.507 e. The molecule has 0 saturated carbocycles. The van der Waals surface area contributed by atoms with E-state index >= 15 is 0 Å². The van der Waals surface area contributed by atoms with Crippen molar-refractivity contribution in [2.75, 3.05) is 0 Å². The molecule has 0 aromatic heterocycles. The van der Waals surface area contributed by atoms with Crippen molar-refractivity contribution in [3.8, 4) is 5.75 Å². The molecule has 2 unspecified atom stereocenters. The number of rotatable bonds is 5. The highest BCUT2D eigenvalue weighted by Crippen LogP contribution is 2.41. The number of carbonyl (C=O) groups is 2. The first-order valence-corrected chi connectivity index (χ1v) is 11.2. The second-order valence-electron chi connectivity index (χ2n) is 8.72. The molecule has 8 nitrogen and oxygen atoms in total. The van der Waals surface area contributed by atoms with Gasteiger partial charge in [0, 0.05) is 30.7 Å². The number of nitrogens with zero attached hydrogens (tertiary/aromatic N) is 2. The van der Waals surface area contributed by atoms with Crippen LogP contribution in [0.25, 0.3) is 5.76 Å². The number of aliphatic hydroxyl groups is 1. The second-order valence-corrected chi connectivity index (χ2v) is 8.72. The number of amides is 1. The van der Waals surface area contributed by atoms with Crippen molar-refractivity contribution in [1.29, 1.82) is 0 Å². The number of carbonyl (C=O) groups excluding carboxylic acids is 2. The van der Waals surface area contributed by atoms with E-state index in [9.17, 15) is 24.8 Å². The minimum atomic E-state index is -0.903. The van der Waals surface area contributed by atoms with E-state index in [1.807, 2.05) is 37.3 Å². The molecule has 5 rings (SSSR count). The summed E-state index contributed by atoms with van der Waals surface area (Å²) in [5.74, 6) is -1.10. The summed E-state index contributed by atoms with van der Waals surface area (Å²) in [5.41, 5.74) is 2.46. The van der Waals surface area contributed by atoms with Crippen molar-refractivity contribution in [2.24, 2.45) is 0 Å². The van der Waals surface area contributed by atoms with Crippen LogP contribution in [0.5, 0.6) is 5.75 Å². The number of ether oxygens (including phenoxy) is 1. The summed E-state index contributed by atoms with van der Waals surface area (Å²) >= 11 is 0. The van der Waals surface area contributed by atoms with E-state index in [2.05, 4.69) is 0 Å². The number of hydrogen-bond acceptors (Lipinski definition) is 6. The summed E-state index contributed by atoms with van der Waals surface area (Å²) in [4.78, 5) is 38.4. The van der Waals surface area contributed by atoms with Crippen LogP contribution in [0.2, 0.25) is 0 Å². The Balaban J connectivity index is 1.63. The van der Waals surface area contributed by atoms with Gasteiger partial charge in [0.1, 0.15) is 17.6 Å². The molecule has 1 fully saturated rings. The Bertz CT molecular complexity index is 1360. The second kappa shape index (κ2) is 8.72. The lowest BCUT2D eigenvalue weighted by Gasteiger charge is -2.25. The number of nitro benzene ring substituents is 1. The molecule has 3 aromatic carbocycles. The van der Waals surface area contributed by atoms with Crippen LogP contribution in [-0.4, -0.2) is 32.7 Å². The number of ketones is 1. The summed E-state index contributed by atoms with van der Waals surface area (Å²) in [6.07, 6.45) is 0.684. The fourth-order valence-electron chi connectivity index (χ4n) is 4.67. The number of fused-ring (bicyclic) bond motifs is 1. The lowest BCUT2D eigenvalue weighted by atomic mass is 9.94. The zero-order chi connectivity index (χ0) is 24.7. The fourth-order valence-corrected chi connectivity index (χ4v) is 4.67. The first-order chi connectivity index (χ1) is 16.8. The molecule has 176 valence electrons. The lowest BCUT2D eigenvalue weighted by Crippen LogP contribution is -2.29. The largest absolute Gasteiger partial charge is 0.507 e. The molecule has 0 bridgehead atoms. The van der Waals surface area contributed by atoms with Gasteiger partial charge in [-0.1, -0.05) is 30.3 Å². The van der Waals surface area contributed by atoms with Crippen LogP contribution in [0, 0.1) is 10.1 Å². The Kier molecular flexibility index (Phi) is 5.56. The molecule has 1 amide bonds. The van der Waals surface area contributed by atoms with Crippen LogP contribution in [0.3, 0.4) is 0 Å². The number of Topliss-reactive ketones (excluding diaryl/α,β-unsaturated/α-hetero) is 1. The quantitative estimate of drug-likeness (QED) is 0.193. The van der Waals surface area contributed by atoms with Crippen LogP contribution in [0.15, 0.2) is 78.4 Å². The van der Waals surface area contributed by atoms with E-state index in [1.54, 1.807) is 18.2 Å². The smallest absolute Gasteiger partial charge is 0.295 e. The molecule has 3 aromatic rings. The average Bonchev–Trinajstić information content (AvgIpc) is 3.35. The van der Waals surface area contributed by atoms with E-state index < -0.39 is 22.7 Å². The molecular formula is C27H22N2O6. The monoisotopic (exact) mass is 470 g/mol. The zero-order valence-corrected chi connectivity index (χ0v) is 18.9. The third-order valence-corrected chi connectivity index (χ3v) is 6.32. The van der Waals surface area contributed by atoms with Crippen LogP contribution in [0.1, 0.15) is 35.2 Å². The SMILES string of the molecule is CC1Cc2cc(/C(O)=C3/C(=O)C(=O)N(Cc4ccccc4)C3c3ccc([N+](=O)[O-])cc3)ccc2O1. The van der Waals surface area contributed by atoms with Gasteiger partial charge < -0.3 is 14.7 Å². The van der Waals surface area contributed by atoms with Gasteiger partial charge in [0.05, 0.1) is 16.5 Å². The standard InChI is InChI=1S/C27H22N2O6/c1-16-13-20-14-19(9-12-22(20)35-16)25(30)23-24(18-7-10-21(11-8-18)29(33)34)28(27(32)26(23)31)15-17-5-3-2-4-6-17/h2-12,14,16,24,30H,13,15H2,1H3/b25-23-. The fraction of sp³-hybridized carbons (Fsp3) is 0.185. The van der Waals surface area contributed by atoms with Gasteiger partial charge in [0.15, 0.2) is 0 Å². The first kappa shape index (κ1) is 22.3.